The van der Waals surface area contributed by atoms with Gasteiger partial charge in [0.25, 0.3) is 0 Å². The molecule has 6 saturated heterocycles. The molecule has 12 heteroatoms. The third-order valence-corrected chi connectivity index (χ3v) is 19.9. The van der Waals surface area contributed by atoms with E-state index in [0.29, 0.717) is 68.3 Å². The minimum absolute atomic E-state index is 0.0192. The molecule has 0 aromatic carbocycles. The number of carbonyl (C=O) groups excluding carboxylic acids is 3. The Labute approximate surface area is 351 Å². The van der Waals surface area contributed by atoms with Crippen LogP contribution in [-0.2, 0) is 47.5 Å². The fourth-order valence-corrected chi connectivity index (χ4v) is 19.1. The molecule has 7 aliphatic heterocycles. The van der Waals surface area contributed by atoms with Crippen molar-refractivity contribution in [3.63, 3.8) is 0 Å². The number of ketones is 3. The number of allylic oxidation sites excluding steroid dienone is 1. The first-order chi connectivity index (χ1) is 27.9. The molecule has 7 spiro atoms. The second-order valence-corrected chi connectivity index (χ2v) is 24.0. The first-order valence-electron chi connectivity index (χ1n) is 22.8. The Balaban J connectivity index is 0.996. The normalized spacial score (nSPS) is 58.3. The van der Waals surface area contributed by atoms with Crippen molar-refractivity contribution < 1.29 is 57.8 Å². The summed E-state index contributed by atoms with van der Waals surface area (Å²) in [7, 11) is 0. The molecule has 15 aliphatic rings. The van der Waals surface area contributed by atoms with Gasteiger partial charge >= 0.3 is 0 Å². The van der Waals surface area contributed by atoms with E-state index in [4.69, 9.17) is 33.2 Å². The maximum Gasteiger partial charge on any atom is 0.213 e. The van der Waals surface area contributed by atoms with Gasteiger partial charge in [-0.3, -0.25) is 14.4 Å². The second-order valence-electron chi connectivity index (χ2n) is 24.0. The minimum Gasteiger partial charge on any atom is -0.483 e. The molecule has 60 heavy (non-hydrogen) atoms. The van der Waals surface area contributed by atoms with Crippen LogP contribution < -0.4 is 0 Å². The lowest BCUT2D eigenvalue weighted by Gasteiger charge is -2.78. The molecule has 0 amide bonds. The average molecular weight is 829 g/mol. The van der Waals surface area contributed by atoms with E-state index in [1.165, 1.54) is 0 Å². The Kier molecular flexibility index (Phi) is 6.46. The lowest BCUT2D eigenvalue weighted by molar-refractivity contribution is -0.528. The highest BCUT2D eigenvalue weighted by atomic mass is 16.8. The van der Waals surface area contributed by atoms with Crippen molar-refractivity contribution in [3.8, 4) is 0 Å². The predicted molar refractivity (Wildman–Crippen MR) is 209 cm³/mol. The van der Waals surface area contributed by atoms with Gasteiger partial charge in [-0.05, 0) is 118 Å². The Morgan fingerprint density at radius 1 is 0.650 bits per heavy atom. The molecule has 17 atom stereocenters. The summed E-state index contributed by atoms with van der Waals surface area (Å²) in [5.74, 6) is -8.03. The smallest absolute Gasteiger partial charge is 0.213 e. The van der Waals surface area contributed by atoms with Crippen molar-refractivity contribution in [1.29, 1.82) is 0 Å². The Hall–Kier alpha value is -2.29. The van der Waals surface area contributed by atoms with E-state index in [0.717, 1.165) is 5.57 Å². The number of Topliss-reactive ketones (excluding diaryl/α,β-unsaturated/α-hetero) is 3. The molecule has 15 rings (SSSR count). The Morgan fingerprint density at radius 3 is 1.67 bits per heavy atom. The zero-order valence-electron chi connectivity index (χ0n) is 36.2. The molecule has 0 unspecified atom stereocenters. The summed E-state index contributed by atoms with van der Waals surface area (Å²) in [4.78, 5) is 46.6. The third-order valence-electron chi connectivity index (χ3n) is 19.9. The molecule has 324 valence electrons. The number of aliphatic hydroxyl groups excluding tert-OH is 2. The van der Waals surface area contributed by atoms with Gasteiger partial charge in [-0.25, -0.2) is 0 Å². The summed E-state index contributed by atoms with van der Waals surface area (Å²) in [6.45, 7) is 24.7. The van der Waals surface area contributed by atoms with E-state index >= 15 is 14.4 Å². The van der Waals surface area contributed by atoms with Crippen LogP contribution in [0.25, 0.3) is 0 Å². The van der Waals surface area contributed by atoms with E-state index in [9.17, 15) is 10.2 Å². The molecule has 8 aliphatic carbocycles. The van der Waals surface area contributed by atoms with Crippen molar-refractivity contribution >= 4 is 17.3 Å². The lowest BCUT2D eigenvalue weighted by Crippen LogP contribution is -2.90. The van der Waals surface area contributed by atoms with E-state index in [1.54, 1.807) is 13.8 Å². The van der Waals surface area contributed by atoms with Crippen molar-refractivity contribution in [2.24, 2.45) is 68.0 Å². The average Bonchev–Trinajstić information content (AvgIpc) is 3.34. The SMILES string of the molecule is C=C1C(=O)[C@@]23[C@@H]4OC(C)(C)O[C@]25OC[C@]2(C(=O)[C@@]6(CCC7=C(O6)[C@@]68CO[C@]9(OC(C)(C)O[C@@H]%10[C@H]%11CC[C@@H]6[C@]%109C(=O)C%11=C)[C@@H](O)[C@@H]8C(C)(C)C7)CC(C)(C)[C@H]2[C@@H]5O)[C@@H]3CC[C@@H]14. The number of ether oxygens (including phenoxy) is 7. The fourth-order valence-electron chi connectivity index (χ4n) is 19.1. The van der Waals surface area contributed by atoms with Crippen LogP contribution >= 0.6 is 0 Å². The topological polar surface area (TPSA) is 156 Å². The van der Waals surface area contributed by atoms with Gasteiger partial charge in [0.2, 0.25) is 11.6 Å². The molecule has 7 heterocycles. The molecule has 13 fully saturated rings. The number of rotatable bonds is 0. The van der Waals surface area contributed by atoms with Gasteiger partial charge in [0.1, 0.15) is 28.8 Å². The lowest BCUT2D eigenvalue weighted by atomic mass is 9.33. The van der Waals surface area contributed by atoms with Crippen LogP contribution in [0.5, 0.6) is 0 Å². The summed E-state index contributed by atoms with van der Waals surface area (Å²) in [6.07, 6.45) is 0.649. The number of carbonyl (C=O) groups is 3. The largest absolute Gasteiger partial charge is 0.483 e. The van der Waals surface area contributed by atoms with E-state index in [2.05, 4.69) is 40.9 Å². The summed E-state index contributed by atoms with van der Waals surface area (Å²) >= 11 is 0. The maximum atomic E-state index is 16.5. The van der Waals surface area contributed by atoms with Gasteiger partial charge in [-0.2, -0.15) is 0 Å². The molecule has 0 aromatic rings. The van der Waals surface area contributed by atoms with Crippen LogP contribution in [0.2, 0.25) is 0 Å². The predicted octanol–water partition coefficient (Wildman–Crippen LogP) is 5.23. The first kappa shape index (κ1) is 38.2. The standard InChI is InChI=1S/C48H60O12/c1-21-24-11-13-26-43-19-54-47(45(26,30(21)49)35(24)56-40(7,8)59-47)32(51)28(43)38(3,4)17-23-15-16-42(58-34(23)43)18-39(5,6)29-33(52)48-46-27(44(29,20-55-48)37(42)53)14-12-25(22(2)31(46)50)36(46)57-41(9,10)60-48/h24-29,32-33,35-36,51-52H,1-2,11-20H2,3-10H3/t24-,25-,26-,27-,28+,29+,32-,33-,35+,36+,42+,43-,44-,45-,46-,47-,48-/m0/s1. The summed E-state index contributed by atoms with van der Waals surface area (Å²) in [5.41, 5.74) is -5.61. The van der Waals surface area contributed by atoms with Gasteiger partial charge in [-0.1, -0.05) is 40.9 Å². The molecule has 8 bridgehead atoms. The van der Waals surface area contributed by atoms with Crippen LogP contribution in [0.3, 0.4) is 0 Å². The number of hydrogen-bond donors (Lipinski definition) is 2. The van der Waals surface area contributed by atoms with Crippen LogP contribution in [0.1, 0.15) is 107 Å². The third kappa shape index (κ3) is 3.39. The van der Waals surface area contributed by atoms with Crippen molar-refractivity contribution in [2.45, 2.75) is 160 Å². The Morgan fingerprint density at radius 2 is 1.13 bits per heavy atom. The van der Waals surface area contributed by atoms with Gasteiger partial charge in [-0.15, -0.1) is 0 Å². The molecule has 7 saturated carbocycles. The minimum atomic E-state index is -1.71. The first-order valence-corrected chi connectivity index (χ1v) is 22.8. The van der Waals surface area contributed by atoms with Crippen LogP contribution in [0, 0.1) is 68.0 Å². The number of hydrogen-bond acceptors (Lipinski definition) is 12. The highest BCUT2D eigenvalue weighted by Crippen LogP contribution is 2.83. The molecule has 0 aromatic heterocycles. The quantitative estimate of drug-likeness (QED) is 0.307. The number of fused-ring (bicyclic) bond motifs is 2. The van der Waals surface area contributed by atoms with Gasteiger partial charge in [0.15, 0.2) is 34.5 Å². The van der Waals surface area contributed by atoms with Crippen molar-refractivity contribution in [1.82, 2.24) is 0 Å². The zero-order chi connectivity index (χ0) is 42.3. The number of aliphatic hydroxyl groups is 2. The summed E-state index contributed by atoms with van der Waals surface area (Å²) in [5, 5.41) is 26.1. The van der Waals surface area contributed by atoms with Crippen molar-refractivity contribution in [3.05, 3.63) is 35.6 Å². The monoisotopic (exact) mass is 828 g/mol. The van der Waals surface area contributed by atoms with E-state index in [1.807, 2.05) is 13.8 Å². The zero-order valence-corrected chi connectivity index (χ0v) is 36.2. The van der Waals surface area contributed by atoms with Gasteiger partial charge in [0, 0.05) is 23.7 Å². The second kappa shape index (κ2) is 10.1. The van der Waals surface area contributed by atoms with Gasteiger partial charge < -0.3 is 43.4 Å². The van der Waals surface area contributed by atoms with Gasteiger partial charge in [0.05, 0.1) is 36.3 Å². The molecule has 0 radical (unpaired) electrons. The molecular weight excluding hydrogens is 769 g/mol. The maximum absolute atomic E-state index is 16.5. The summed E-state index contributed by atoms with van der Waals surface area (Å²) in [6, 6.07) is 0. The Bertz CT molecular complexity index is 2240. The van der Waals surface area contributed by atoms with Crippen LogP contribution in [0.4, 0.5) is 0 Å². The molecule has 12 nitrogen and oxygen atoms in total. The fraction of sp³-hybridized carbons (Fsp3) is 0.812. The molecule has 2 N–H and O–H groups in total. The van der Waals surface area contributed by atoms with Crippen molar-refractivity contribution in [2.75, 3.05) is 13.2 Å². The highest BCUT2D eigenvalue weighted by Gasteiger charge is 2.93. The summed E-state index contributed by atoms with van der Waals surface area (Å²) < 4.78 is 48.8. The van der Waals surface area contributed by atoms with E-state index in [-0.39, 0.29) is 48.3 Å². The highest BCUT2D eigenvalue weighted by molar-refractivity contribution is 6.07. The molecular formula is C48H60O12. The van der Waals surface area contributed by atoms with E-state index < -0.39 is 103 Å². The van der Waals surface area contributed by atoms with Crippen LogP contribution in [-0.4, -0.2) is 93.9 Å². The van der Waals surface area contributed by atoms with Crippen LogP contribution in [0.15, 0.2) is 35.6 Å².